The Balaban J connectivity index is 1.76. The third-order valence-electron chi connectivity index (χ3n) is 3.60. The molecule has 1 aromatic heterocycles. The number of imidazole rings is 1. The van der Waals surface area contributed by atoms with Crippen LogP contribution >= 0.6 is 0 Å². The van der Waals surface area contributed by atoms with Gasteiger partial charge in [0.05, 0.1) is 13.2 Å². The van der Waals surface area contributed by atoms with E-state index in [0.717, 1.165) is 49.0 Å². The van der Waals surface area contributed by atoms with Gasteiger partial charge in [0.2, 0.25) is 0 Å². The minimum Gasteiger partial charge on any atom is -0.494 e. The lowest BCUT2D eigenvalue weighted by Gasteiger charge is -2.28. The van der Waals surface area contributed by atoms with Crippen LogP contribution in [0.3, 0.4) is 0 Å². The van der Waals surface area contributed by atoms with Crippen molar-refractivity contribution in [3.63, 3.8) is 0 Å². The number of aromatic nitrogens is 2. The lowest BCUT2D eigenvalue weighted by atomic mass is 10.1. The van der Waals surface area contributed by atoms with Gasteiger partial charge in [-0.3, -0.25) is 4.90 Å². The standard InChI is InChI=1S/C15H20N4O/c1-2-20-14-4-3-13(16)9-12(14)10-18-7-8-19-6-5-17-15(19)11-18/h3-6,9H,2,7-8,10-11,16H2,1H3. The molecule has 0 aliphatic carbocycles. The molecule has 1 aliphatic rings. The van der Waals surface area contributed by atoms with Crippen molar-refractivity contribution in [1.29, 1.82) is 0 Å². The Hall–Kier alpha value is -2.01. The summed E-state index contributed by atoms with van der Waals surface area (Å²) < 4.78 is 7.89. The number of fused-ring (bicyclic) bond motifs is 1. The first-order valence-electron chi connectivity index (χ1n) is 7.00. The molecule has 2 N–H and O–H groups in total. The van der Waals surface area contributed by atoms with Crippen molar-refractivity contribution in [3.8, 4) is 5.75 Å². The second-order valence-electron chi connectivity index (χ2n) is 5.05. The molecule has 0 amide bonds. The van der Waals surface area contributed by atoms with E-state index in [9.17, 15) is 0 Å². The summed E-state index contributed by atoms with van der Waals surface area (Å²) in [7, 11) is 0. The summed E-state index contributed by atoms with van der Waals surface area (Å²) in [6.07, 6.45) is 3.91. The number of rotatable bonds is 4. The normalized spacial score (nSPS) is 15.1. The van der Waals surface area contributed by atoms with Gasteiger partial charge in [-0.15, -0.1) is 0 Å². The summed E-state index contributed by atoms with van der Waals surface area (Å²) in [5.41, 5.74) is 7.82. The number of hydrogen-bond donors (Lipinski definition) is 1. The van der Waals surface area contributed by atoms with Gasteiger partial charge in [-0.1, -0.05) is 0 Å². The molecule has 1 aromatic carbocycles. The van der Waals surface area contributed by atoms with Crippen LogP contribution in [0.1, 0.15) is 18.3 Å². The monoisotopic (exact) mass is 272 g/mol. The van der Waals surface area contributed by atoms with Crippen LogP contribution in [-0.4, -0.2) is 27.6 Å². The van der Waals surface area contributed by atoms with Gasteiger partial charge in [-0.2, -0.15) is 0 Å². The number of nitrogens with zero attached hydrogens (tertiary/aromatic N) is 3. The van der Waals surface area contributed by atoms with Crippen molar-refractivity contribution < 1.29 is 4.74 Å². The smallest absolute Gasteiger partial charge is 0.123 e. The topological polar surface area (TPSA) is 56.3 Å². The highest BCUT2D eigenvalue weighted by Gasteiger charge is 2.18. The third kappa shape index (κ3) is 2.63. The highest BCUT2D eigenvalue weighted by atomic mass is 16.5. The molecule has 0 saturated heterocycles. The van der Waals surface area contributed by atoms with Gasteiger partial charge in [0.25, 0.3) is 0 Å². The molecule has 3 rings (SSSR count). The van der Waals surface area contributed by atoms with Crippen molar-refractivity contribution in [3.05, 3.63) is 42.0 Å². The molecule has 20 heavy (non-hydrogen) atoms. The molecule has 0 atom stereocenters. The summed E-state index contributed by atoms with van der Waals surface area (Å²) in [5, 5.41) is 0. The summed E-state index contributed by atoms with van der Waals surface area (Å²) in [6, 6.07) is 5.85. The number of anilines is 1. The van der Waals surface area contributed by atoms with Gasteiger partial charge in [0.15, 0.2) is 0 Å². The lowest BCUT2D eigenvalue weighted by Crippen LogP contribution is -2.33. The fourth-order valence-corrected chi connectivity index (χ4v) is 2.62. The summed E-state index contributed by atoms with van der Waals surface area (Å²) in [5.74, 6) is 2.05. The summed E-state index contributed by atoms with van der Waals surface area (Å²) in [4.78, 5) is 6.76. The first-order valence-corrected chi connectivity index (χ1v) is 7.00. The molecule has 5 heteroatoms. The predicted octanol–water partition coefficient (Wildman–Crippen LogP) is 1.88. The first kappa shape index (κ1) is 13.0. The molecule has 1 aliphatic heterocycles. The molecular formula is C15H20N4O. The quantitative estimate of drug-likeness (QED) is 0.863. The Morgan fingerprint density at radius 1 is 1.35 bits per heavy atom. The molecule has 2 heterocycles. The zero-order valence-corrected chi connectivity index (χ0v) is 11.7. The molecule has 0 fully saturated rings. The van der Waals surface area contributed by atoms with E-state index in [2.05, 4.69) is 14.5 Å². The molecule has 2 aromatic rings. The van der Waals surface area contributed by atoms with Crippen LogP contribution in [0.15, 0.2) is 30.6 Å². The van der Waals surface area contributed by atoms with Crippen molar-refractivity contribution in [1.82, 2.24) is 14.5 Å². The van der Waals surface area contributed by atoms with Crippen LogP contribution in [0.25, 0.3) is 0 Å². The number of hydrogen-bond acceptors (Lipinski definition) is 4. The summed E-state index contributed by atoms with van der Waals surface area (Å²) in [6.45, 7) is 6.38. The molecule has 0 radical (unpaired) electrons. The van der Waals surface area contributed by atoms with Crippen LogP contribution < -0.4 is 10.5 Å². The van der Waals surface area contributed by atoms with E-state index >= 15 is 0 Å². The minimum absolute atomic E-state index is 0.668. The number of benzene rings is 1. The van der Waals surface area contributed by atoms with Gasteiger partial charge < -0.3 is 15.0 Å². The van der Waals surface area contributed by atoms with Gasteiger partial charge in [-0.05, 0) is 25.1 Å². The fraction of sp³-hybridized carbons (Fsp3) is 0.400. The third-order valence-corrected chi connectivity index (χ3v) is 3.60. The minimum atomic E-state index is 0.668. The van der Waals surface area contributed by atoms with Crippen LogP contribution in [0.5, 0.6) is 5.75 Å². The van der Waals surface area contributed by atoms with Crippen LogP contribution in [0.4, 0.5) is 5.69 Å². The van der Waals surface area contributed by atoms with Crippen LogP contribution in [-0.2, 0) is 19.6 Å². The van der Waals surface area contributed by atoms with Crippen LogP contribution in [0, 0.1) is 0 Å². The largest absolute Gasteiger partial charge is 0.494 e. The van der Waals surface area contributed by atoms with Gasteiger partial charge in [0, 0.05) is 43.3 Å². The van der Waals surface area contributed by atoms with Crippen molar-refractivity contribution >= 4 is 5.69 Å². The highest BCUT2D eigenvalue weighted by Crippen LogP contribution is 2.24. The zero-order valence-electron chi connectivity index (χ0n) is 11.7. The number of ether oxygens (including phenoxy) is 1. The fourth-order valence-electron chi connectivity index (χ4n) is 2.62. The summed E-state index contributed by atoms with van der Waals surface area (Å²) >= 11 is 0. The maximum Gasteiger partial charge on any atom is 0.123 e. The van der Waals surface area contributed by atoms with E-state index in [-0.39, 0.29) is 0 Å². The maximum atomic E-state index is 5.90. The second kappa shape index (κ2) is 5.54. The van der Waals surface area contributed by atoms with Crippen molar-refractivity contribution in [2.45, 2.75) is 26.6 Å². The molecule has 0 unspecified atom stereocenters. The number of nitrogens with two attached hydrogens (primary N) is 1. The van der Waals surface area contributed by atoms with Crippen molar-refractivity contribution in [2.24, 2.45) is 0 Å². The van der Waals surface area contributed by atoms with Gasteiger partial charge in [0.1, 0.15) is 11.6 Å². The van der Waals surface area contributed by atoms with E-state index < -0.39 is 0 Å². The molecular weight excluding hydrogens is 252 g/mol. The average Bonchev–Trinajstić information content (AvgIpc) is 2.89. The Bertz CT molecular complexity index is 593. The van der Waals surface area contributed by atoms with Gasteiger partial charge >= 0.3 is 0 Å². The van der Waals surface area contributed by atoms with E-state index in [1.54, 1.807) is 0 Å². The van der Waals surface area contributed by atoms with E-state index in [0.29, 0.717) is 6.61 Å². The maximum absolute atomic E-state index is 5.90. The predicted molar refractivity (Wildman–Crippen MR) is 78.4 cm³/mol. The Labute approximate surface area is 119 Å². The molecule has 0 spiro atoms. The highest BCUT2D eigenvalue weighted by molar-refractivity contribution is 5.47. The van der Waals surface area contributed by atoms with E-state index in [4.69, 9.17) is 10.5 Å². The average molecular weight is 272 g/mol. The molecule has 0 bridgehead atoms. The van der Waals surface area contributed by atoms with Crippen molar-refractivity contribution in [2.75, 3.05) is 18.9 Å². The first-order chi connectivity index (χ1) is 9.76. The lowest BCUT2D eigenvalue weighted by molar-refractivity contribution is 0.205. The van der Waals surface area contributed by atoms with Gasteiger partial charge in [-0.25, -0.2) is 4.98 Å². The van der Waals surface area contributed by atoms with E-state index in [1.165, 1.54) is 0 Å². The number of nitrogen functional groups attached to an aromatic ring is 1. The van der Waals surface area contributed by atoms with E-state index in [1.807, 2.05) is 37.5 Å². The Morgan fingerprint density at radius 3 is 3.10 bits per heavy atom. The second-order valence-corrected chi connectivity index (χ2v) is 5.05. The molecule has 106 valence electrons. The Morgan fingerprint density at radius 2 is 2.25 bits per heavy atom. The van der Waals surface area contributed by atoms with Crippen LogP contribution in [0.2, 0.25) is 0 Å². The SMILES string of the molecule is CCOc1ccc(N)cc1CN1CCn2ccnc2C1. The zero-order chi connectivity index (χ0) is 13.9. The molecule has 0 saturated carbocycles. The Kier molecular flexibility index (Phi) is 3.60. The molecule has 5 nitrogen and oxygen atoms in total.